The van der Waals surface area contributed by atoms with E-state index in [0.29, 0.717) is 12.0 Å². The van der Waals surface area contributed by atoms with Crippen LogP contribution in [0.2, 0.25) is 0 Å². The smallest absolute Gasteiger partial charge is 0.191 e. The fraction of sp³-hybridized carbons (Fsp3) is 0.929. The number of rotatable bonds is 7. The number of ether oxygens (including phenoxy) is 2. The molecule has 0 aromatic heterocycles. The first-order chi connectivity index (χ1) is 9.22. The van der Waals surface area contributed by atoms with Gasteiger partial charge >= 0.3 is 0 Å². The molecule has 2 N–H and O–H groups in total. The van der Waals surface area contributed by atoms with E-state index in [1.165, 1.54) is 0 Å². The molecule has 0 aromatic rings. The zero-order valence-electron chi connectivity index (χ0n) is 13.0. The predicted octanol–water partition coefficient (Wildman–Crippen LogP) is 2.01. The van der Waals surface area contributed by atoms with Gasteiger partial charge in [0.25, 0.3) is 0 Å². The number of nitrogens with zero attached hydrogens (tertiary/aromatic N) is 1. The second-order valence-corrected chi connectivity index (χ2v) is 5.28. The lowest BCUT2D eigenvalue weighted by Gasteiger charge is -2.21. The van der Waals surface area contributed by atoms with Gasteiger partial charge in [-0.25, -0.2) is 0 Å². The molecule has 1 aliphatic heterocycles. The van der Waals surface area contributed by atoms with Gasteiger partial charge in [0, 0.05) is 46.1 Å². The molecule has 0 unspecified atom stereocenters. The van der Waals surface area contributed by atoms with Crippen molar-refractivity contribution in [3.63, 3.8) is 0 Å². The average Bonchev–Trinajstić information content (AvgIpc) is 2.42. The lowest BCUT2D eigenvalue weighted by Crippen LogP contribution is -2.41. The zero-order chi connectivity index (χ0) is 13.9. The monoisotopic (exact) mass is 399 g/mol. The zero-order valence-corrected chi connectivity index (χ0v) is 15.3. The van der Waals surface area contributed by atoms with Crippen molar-refractivity contribution in [2.75, 3.05) is 40.0 Å². The summed E-state index contributed by atoms with van der Waals surface area (Å²) in [5.41, 5.74) is 0. The Balaban J connectivity index is 0.00000361. The van der Waals surface area contributed by atoms with Crippen molar-refractivity contribution in [1.82, 2.24) is 10.6 Å². The highest BCUT2D eigenvalue weighted by molar-refractivity contribution is 14.0. The van der Waals surface area contributed by atoms with E-state index in [2.05, 4.69) is 29.5 Å². The Morgan fingerprint density at radius 3 is 2.65 bits per heavy atom. The standard InChI is InChI=1S/C14H29N3O2.HI/c1-12(2)17-14(15-3)16-7-4-8-19-11-13-5-9-18-10-6-13;/h12-13H,4-11H2,1-3H3,(H2,15,16,17);1H. The number of hydrogen-bond donors (Lipinski definition) is 2. The van der Waals surface area contributed by atoms with Crippen LogP contribution >= 0.6 is 24.0 Å². The van der Waals surface area contributed by atoms with Crippen molar-refractivity contribution in [2.45, 2.75) is 39.2 Å². The lowest BCUT2D eigenvalue weighted by atomic mass is 10.0. The first-order valence-corrected chi connectivity index (χ1v) is 7.35. The topological polar surface area (TPSA) is 54.9 Å². The van der Waals surface area contributed by atoms with Gasteiger partial charge in [-0.15, -0.1) is 24.0 Å². The molecule has 20 heavy (non-hydrogen) atoms. The molecule has 0 spiro atoms. The minimum Gasteiger partial charge on any atom is -0.381 e. The summed E-state index contributed by atoms with van der Waals surface area (Å²) < 4.78 is 11.0. The van der Waals surface area contributed by atoms with Crippen molar-refractivity contribution in [2.24, 2.45) is 10.9 Å². The van der Waals surface area contributed by atoms with Gasteiger partial charge in [0.05, 0.1) is 0 Å². The third-order valence-corrected chi connectivity index (χ3v) is 3.10. The second kappa shape index (κ2) is 12.6. The fourth-order valence-electron chi connectivity index (χ4n) is 2.01. The van der Waals surface area contributed by atoms with Crippen LogP contribution in [0.5, 0.6) is 0 Å². The molecule has 0 aliphatic carbocycles. The SMILES string of the molecule is CN=C(NCCCOCC1CCOCC1)NC(C)C.I. The highest BCUT2D eigenvalue weighted by Crippen LogP contribution is 2.14. The Hall–Kier alpha value is -0.0800. The Morgan fingerprint density at radius 2 is 2.05 bits per heavy atom. The van der Waals surface area contributed by atoms with Gasteiger partial charge in [-0.2, -0.15) is 0 Å². The fourth-order valence-corrected chi connectivity index (χ4v) is 2.01. The molecular formula is C14H30IN3O2. The van der Waals surface area contributed by atoms with Crippen LogP contribution in [0.15, 0.2) is 4.99 Å². The summed E-state index contributed by atoms with van der Waals surface area (Å²) in [6.07, 6.45) is 3.29. The summed E-state index contributed by atoms with van der Waals surface area (Å²) in [7, 11) is 1.79. The van der Waals surface area contributed by atoms with Gasteiger partial charge in [-0.05, 0) is 39.0 Å². The molecule has 1 aliphatic rings. The van der Waals surface area contributed by atoms with E-state index in [-0.39, 0.29) is 24.0 Å². The molecule has 120 valence electrons. The maximum absolute atomic E-state index is 5.71. The molecule has 5 nitrogen and oxygen atoms in total. The minimum atomic E-state index is 0. The van der Waals surface area contributed by atoms with Gasteiger partial charge in [0.2, 0.25) is 0 Å². The van der Waals surface area contributed by atoms with E-state index in [4.69, 9.17) is 9.47 Å². The Morgan fingerprint density at radius 1 is 1.35 bits per heavy atom. The van der Waals surface area contributed by atoms with E-state index < -0.39 is 0 Å². The van der Waals surface area contributed by atoms with Crippen LogP contribution in [0, 0.1) is 5.92 Å². The van der Waals surface area contributed by atoms with Crippen LogP contribution in [-0.2, 0) is 9.47 Å². The summed E-state index contributed by atoms with van der Waals surface area (Å²) in [6, 6.07) is 0.399. The van der Waals surface area contributed by atoms with Crippen molar-refractivity contribution in [1.29, 1.82) is 0 Å². The van der Waals surface area contributed by atoms with E-state index in [1.807, 2.05) is 0 Å². The number of halogens is 1. The van der Waals surface area contributed by atoms with Crippen molar-refractivity contribution in [3.05, 3.63) is 0 Å². The summed E-state index contributed by atoms with van der Waals surface area (Å²) in [6.45, 7) is 8.57. The molecule has 0 aromatic carbocycles. The number of aliphatic imine (C=N–C) groups is 1. The Labute approximate surface area is 140 Å². The molecule has 0 amide bonds. The number of guanidine groups is 1. The van der Waals surface area contributed by atoms with Gasteiger partial charge in [-0.1, -0.05) is 0 Å². The van der Waals surface area contributed by atoms with Crippen molar-refractivity contribution < 1.29 is 9.47 Å². The molecule has 1 saturated heterocycles. The number of nitrogens with one attached hydrogen (secondary N) is 2. The van der Waals surface area contributed by atoms with Crippen LogP contribution < -0.4 is 10.6 Å². The summed E-state index contributed by atoms with van der Waals surface area (Å²) in [5.74, 6) is 1.55. The maximum Gasteiger partial charge on any atom is 0.191 e. The first kappa shape index (κ1) is 19.9. The van der Waals surface area contributed by atoms with Gasteiger partial charge in [0.1, 0.15) is 0 Å². The van der Waals surface area contributed by atoms with Crippen molar-refractivity contribution in [3.8, 4) is 0 Å². The molecule has 0 saturated carbocycles. The number of hydrogen-bond acceptors (Lipinski definition) is 3. The van der Waals surface area contributed by atoms with E-state index in [0.717, 1.165) is 58.2 Å². The third-order valence-electron chi connectivity index (χ3n) is 3.10. The first-order valence-electron chi connectivity index (χ1n) is 7.35. The molecule has 1 rings (SSSR count). The maximum atomic E-state index is 5.71. The minimum absolute atomic E-state index is 0. The average molecular weight is 399 g/mol. The summed E-state index contributed by atoms with van der Waals surface area (Å²) in [4.78, 5) is 4.16. The second-order valence-electron chi connectivity index (χ2n) is 5.28. The third kappa shape index (κ3) is 9.77. The van der Waals surface area contributed by atoms with Gasteiger partial charge in [-0.3, -0.25) is 4.99 Å². The van der Waals surface area contributed by atoms with Gasteiger partial charge in [0.15, 0.2) is 5.96 Å². The highest BCUT2D eigenvalue weighted by atomic mass is 127. The molecule has 6 heteroatoms. The Bertz CT molecular complexity index is 257. The van der Waals surface area contributed by atoms with Crippen LogP contribution in [-0.4, -0.2) is 52.0 Å². The molecule has 0 atom stereocenters. The highest BCUT2D eigenvalue weighted by Gasteiger charge is 2.13. The largest absolute Gasteiger partial charge is 0.381 e. The molecule has 0 radical (unpaired) electrons. The van der Waals surface area contributed by atoms with Gasteiger partial charge < -0.3 is 20.1 Å². The van der Waals surface area contributed by atoms with E-state index in [9.17, 15) is 0 Å². The summed E-state index contributed by atoms with van der Waals surface area (Å²) in [5, 5.41) is 6.53. The summed E-state index contributed by atoms with van der Waals surface area (Å²) >= 11 is 0. The lowest BCUT2D eigenvalue weighted by molar-refractivity contribution is 0.0203. The Kier molecular flexibility index (Phi) is 12.6. The van der Waals surface area contributed by atoms with Crippen LogP contribution in [0.1, 0.15) is 33.1 Å². The molecule has 0 bridgehead atoms. The molecular weight excluding hydrogens is 369 g/mol. The van der Waals surface area contributed by atoms with Crippen LogP contribution in [0.3, 0.4) is 0 Å². The molecule has 1 fully saturated rings. The van der Waals surface area contributed by atoms with E-state index in [1.54, 1.807) is 7.05 Å². The van der Waals surface area contributed by atoms with Crippen LogP contribution in [0.25, 0.3) is 0 Å². The van der Waals surface area contributed by atoms with E-state index >= 15 is 0 Å². The quantitative estimate of drug-likeness (QED) is 0.298. The van der Waals surface area contributed by atoms with Crippen LogP contribution in [0.4, 0.5) is 0 Å². The molecule has 1 heterocycles. The predicted molar refractivity (Wildman–Crippen MR) is 94.0 cm³/mol. The van der Waals surface area contributed by atoms with Crippen molar-refractivity contribution >= 4 is 29.9 Å². The normalized spacial score (nSPS) is 16.9.